The molecule has 49 heavy (non-hydrogen) atoms. The van der Waals surface area contributed by atoms with E-state index in [1.54, 1.807) is 0 Å². The van der Waals surface area contributed by atoms with E-state index in [-0.39, 0.29) is 21.7 Å². The van der Waals surface area contributed by atoms with Crippen LogP contribution in [0.25, 0.3) is 61.7 Å². The third kappa shape index (κ3) is 3.89. The molecule has 5 aromatic carbocycles. The maximum absolute atomic E-state index is 5.27. The predicted octanol–water partition coefficient (Wildman–Crippen LogP) is 11.2. The zero-order chi connectivity index (χ0) is 34.1. The molecule has 7 aromatic rings. The van der Waals surface area contributed by atoms with Crippen LogP contribution in [-0.4, -0.2) is 19.5 Å². The Hall–Kier alpha value is -5.09. The van der Waals surface area contributed by atoms with Crippen LogP contribution >= 0.6 is 0 Å². The molecule has 4 nitrogen and oxygen atoms in total. The molecule has 0 unspecified atom stereocenters. The smallest absolute Gasteiger partial charge is 0.238 e. The van der Waals surface area contributed by atoms with E-state index in [9.17, 15) is 0 Å². The van der Waals surface area contributed by atoms with Crippen LogP contribution in [0.15, 0.2) is 109 Å². The quantitative estimate of drug-likeness (QED) is 0.193. The number of hydrogen-bond acceptors (Lipinski definition) is 3. The largest absolute Gasteiger partial charge is 0.278 e. The highest BCUT2D eigenvalue weighted by molar-refractivity contribution is 6.12. The summed E-state index contributed by atoms with van der Waals surface area (Å²) in [5.41, 5.74) is 12.2. The molecule has 242 valence electrons. The topological polar surface area (TPSA) is 43.6 Å². The fourth-order valence-corrected chi connectivity index (χ4v) is 8.86. The molecule has 2 heterocycles. The fraction of sp³-hybridized carbons (Fsp3) is 0.267. The summed E-state index contributed by atoms with van der Waals surface area (Å²) < 4.78 is 2.31. The van der Waals surface area contributed by atoms with Crippen molar-refractivity contribution in [2.24, 2.45) is 5.41 Å². The van der Waals surface area contributed by atoms with E-state index in [1.807, 2.05) is 36.4 Å². The van der Waals surface area contributed by atoms with Crippen molar-refractivity contribution in [2.75, 3.05) is 0 Å². The molecule has 2 aliphatic carbocycles. The number of hydrogen-bond donors (Lipinski definition) is 0. The van der Waals surface area contributed by atoms with E-state index < -0.39 is 0 Å². The first-order valence-corrected chi connectivity index (χ1v) is 17.5. The van der Waals surface area contributed by atoms with Gasteiger partial charge in [0, 0.05) is 27.3 Å². The summed E-state index contributed by atoms with van der Waals surface area (Å²) in [4.78, 5) is 15.6. The molecule has 4 heteroatoms. The van der Waals surface area contributed by atoms with Gasteiger partial charge in [0.15, 0.2) is 11.6 Å². The van der Waals surface area contributed by atoms with Crippen LogP contribution < -0.4 is 0 Å². The molecular formula is C45H42N4. The Kier molecular flexibility index (Phi) is 5.97. The summed E-state index contributed by atoms with van der Waals surface area (Å²) in [7, 11) is 0. The van der Waals surface area contributed by atoms with Crippen LogP contribution in [0.1, 0.15) is 77.6 Å². The second-order valence-corrected chi connectivity index (χ2v) is 16.2. The normalized spacial score (nSPS) is 17.6. The van der Waals surface area contributed by atoms with Crippen molar-refractivity contribution in [3.63, 3.8) is 0 Å². The molecule has 2 aliphatic rings. The van der Waals surface area contributed by atoms with Crippen LogP contribution in [-0.2, 0) is 16.2 Å². The van der Waals surface area contributed by atoms with E-state index in [0.29, 0.717) is 17.6 Å². The van der Waals surface area contributed by atoms with Gasteiger partial charge < -0.3 is 0 Å². The van der Waals surface area contributed by atoms with Gasteiger partial charge in [-0.15, -0.1) is 0 Å². The molecule has 0 aliphatic heterocycles. The monoisotopic (exact) mass is 638 g/mol. The number of nitrogens with zero attached hydrogens (tertiary/aromatic N) is 4. The van der Waals surface area contributed by atoms with Crippen LogP contribution in [0.2, 0.25) is 0 Å². The first-order chi connectivity index (χ1) is 23.3. The van der Waals surface area contributed by atoms with Gasteiger partial charge in [-0.05, 0) is 73.9 Å². The average molecular weight is 639 g/mol. The molecule has 9 rings (SSSR count). The van der Waals surface area contributed by atoms with E-state index in [0.717, 1.165) is 22.2 Å². The third-order valence-corrected chi connectivity index (χ3v) is 13.0. The van der Waals surface area contributed by atoms with Gasteiger partial charge in [0.05, 0.1) is 11.0 Å². The van der Waals surface area contributed by atoms with Gasteiger partial charge in [0.1, 0.15) is 0 Å². The van der Waals surface area contributed by atoms with Crippen LogP contribution in [0.3, 0.4) is 0 Å². The highest BCUT2D eigenvalue weighted by Crippen LogP contribution is 2.62. The second-order valence-electron chi connectivity index (χ2n) is 16.2. The number of rotatable bonds is 3. The van der Waals surface area contributed by atoms with Crippen molar-refractivity contribution in [3.05, 3.63) is 131 Å². The lowest BCUT2D eigenvalue weighted by molar-refractivity contribution is 0.125. The maximum atomic E-state index is 5.27. The lowest BCUT2D eigenvalue weighted by atomic mass is 9.59. The molecule has 0 atom stereocenters. The van der Waals surface area contributed by atoms with E-state index >= 15 is 0 Å². The van der Waals surface area contributed by atoms with Crippen LogP contribution in [0.4, 0.5) is 0 Å². The Morgan fingerprint density at radius 3 is 1.53 bits per heavy atom. The fourth-order valence-electron chi connectivity index (χ4n) is 8.86. The molecule has 0 radical (unpaired) electrons. The molecule has 0 fully saturated rings. The Bertz CT molecular complexity index is 2420. The Morgan fingerprint density at radius 1 is 0.449 bits per heavy atom. The number of benzene rings is 5. The summed E-state index contributed by atoms with van der Waals surface area (Å²) in [5, 5.41) is 2.48. The lowest BCUT2D eigenvalue weighted by Crippen LogP contribution is -2.42. The second kappa shape index (κ2) is 9.75. The summed E-state index contributed by atoms with van der Waals surface area (Å²) in [5.74, 6) is 1.96. The average Bonchev–Trinajstić information content (AvgIpc) is 3.58. The minimum atomic E-state index is -0.108. The molecule has 0 saturated heterocycles. The summed E-state index contributed by atoms with van der Waals surface area (Å²) in [6, 6.07) is 39.2. The Balaban J connectivity index is 1.43. The molecule has 0 bridgehead atoms. The van der Waals surface area contributed by atoms with E-state index in [4.69, 9.17) is 15.0 Å². The molecular weight excluding hydrogens is 597 g/mol. The van der Waals surface area contributed by atoms with Crippen molar-refractivity contribution in [1.29, 1.82) is 0 Å². The van der Waals surface area contributed by atoms with Gasteiger partial charge in [-0.2, -0.15) is 9.97 Å². The maximum Gasteiger partial charge on any atom is 0.238 e. The molecule has 0 saturated carbocycles. The van der Waals surface area contributed by atoms with Crippen molar-refractivity contribution in [3.8, 4) is 39.9 Å². The molecule has 0 spiro atoms. The summed E-state index contributed by atoms with van der Waals surface area (Å²) in [6.45, 7) is 19.3. The zero-order valence-electron chi connectivity index (χ0n) is 29.7. The van der Waals surface area contributed by atoms with E-state index in [1.165, 1.54) is 44.2 Å². The number of fused-ring (bicyclic) bond motifs is 7. The minimum absolute atomic E-state index is 0.0190. The third-order valence-electron chi connectivity index (χ3n) is 13.0. The highest BCUT2D eigenvalue weighted by Gasteiger charge is 2.57. The van der Waals surface area contributed by atoms with Crippen LogP contribution in [0, 0.1) is 5.41 Å². The highest BCUT2D eigenvalue weighted by atomic mass is 15.2. The Labute approximate surface area is 288 Å². The number of aromatic nitrogens is 4. The van der Waals surface area contributed by atoms with Gasteiger partial charge in [-0.1, -0.05) is 140 Å². The summed E-state index contributed by atoms with van der Waals surface area (Å²) in [6.07, 6.45) is 0. The predicted molar refractivity (Wildman–Crippen MR) is 202 cm³/mol. The molecule has 0 amide bonds. The van der Waals surface area contributed by atoms with Gasteiger partial charge in [0.25, 0.3) is 0 Å². The van der Waals surface area contributed by atoms with Gasteiger partial charge in [-0.3, -0.25) is 4.57 Å². The van der Waals surface area contributed by atoms with Crippen molar-refractivity contribution in [1.82, 2.24) is 19.5 Å². The molecule has 2 aromatic heterocycles. The van der Waals surface area contributed by atoms with Gasteiger partial charge in [0.2, 0.25) is 5.95 Å². The zero-order valence-corrected chi connectivity index (χ0v) is 29.7. The SMILES string of the molecule is CC1(C)c2ccccc2-c2cc3c(cc21)c1cc2c(cc1n3-c1nc(-c3ccccc3)nc(-c3ccccc3)n1)C(C)(C)C(C)(C)C2(C)C. The van der Waals surface area contributed by atoms with Crippen molar-refractivity contribution >= 4 is 21.8 Å². The lowest BCUT2D eigenvalue weighted by Gasteiger charge is -2.44. The van der Waals surface area contributed by atoms with Gasteiger partial charge in [-0.25, -0.2) is 4.98 Å². The van der Waals surface area contributed by atoms with Gasteiger partial charge >= 0.3 is 0 Å². The van der Waals surface area contributed by atoms with Crippen LogP contribution in [0.5, 0.6) is 0 Å². The first-order valence-electron chi connectivity index (χ1n) is 17.5. The molecule has 0 N–H and O–H groups in total. The van der Waals surface area contributed by atoms with E-state index in [2.05, 4.69) is 133 Å². The Morgan fingerprint density at radius 2 is 0.939 bits per heavy atom. The standard InChI is InChI=1S/C45H42N4/c1-42(2)33-22-16-15-21-29(33)30-25-37-31(23-34(30)42)32-24-35-36(44(5,6)45(7,8)43(35,3)4)26-38(32)49(37)41-47-39(27-17-11-9-12-18-27)46-40(48-41)28-19-13-10-14-20-28/h9-26H,1-8H3. The minimum Gasteiger partial charge on any atom is -0.278 e. The van der Waals surface area contributed by atoms with Crippen molar-refractivity contribution < 1.29 is 0 Å². The summed E-state index contributed by atoms with van der Waals surface area (Å²) >= 11 is 0. The first kappa shape index (κ1) is 30.0. The van der Waals surface area contributed by atoms with Crippen molar-refractivity contribution in [2.45, 2.75) is 71.6 Å².